The second-order valence-corrected chi connectivity index (χ2v) is 7.42. The number of anilines is 1. The molecule has 0 unspecified atom stereocenters. The predicted octanol–water partition coefficient (Wildman–Crippen LogP) is 2.94. The monoisotopic (exact) mass is 439 g/mol. The maximum Gasteiger partial charge on any atom is 0.257 e. The molecule has 0 spiro atoms. The first kappa shape index (κ1) is 19.8. The topological polar surface area (TPSA) is 118 Å². The molecule has 150 valence electrons. The number of nitrogens with one attached hydrogen (secondary N) is 2. The van der Waals surface area contributed by atoms with E-state index >= 15 is 0 Å². The summed E-state index contributed by atoms with van der Waals surface area (Å²) in [5, 5.41) is 15.4. The van der Waals surface area contributed by atoms with Crippen LogP contribution in [0.5, 0.6) is 0 Å². The fourth-order valence-electron chi connectivity index (χ4n) is 2.56. The summed E-state index contributed by atoms with van der Waals surface area (Å²) >= 11 is 7.16. The SMILES string of the molecule is O=C(Nc1nc(CSc2nnnn2-c2ccccc2)cc(=O)[nH]1)c1ccc(Cl)cc1. The molecule has 9 nitrogen and oxygen atoms in total. The van der Waals surface area contributed by atoms with Crippen LogP contribution in [0.15, 0.2) is 70.6 Å². The van der Waals surface area contributed by atoms with Crippen molar-refractivity contribution in [3.8, 4) is 5.69 Å². The number of halogens is 1. The Balaban J connectivity index is 1.48. The number of benzene rings is 2. The lowest BCUT2D eigenvalue weighted by Gasteiger charge is -2.07. The van der Waals surface area contributed by atoms with Crippen LogP contribution in [-0.2, 0) is 5.75 Å². The summed E-state index contributed by atoms with van der Waals surface area (Å²) in [6.45, 7) is 0. The van der Waals surface area contributed by atoms with E-state index in [2.05, 4.69) is 30.8 Å². The van der Waals surface area contributed by atoms with Crippen LogP contribution in [0, 0.1) is 0 Å². The minimum Gasteiger partial charge on any atom is -0.292 e. The van der Waals surface area contributed by atoms with Gasteiger partial charge < -0.3 is 0 Å². The second kappa shape index (κ2) is 8.89. The Morgan fingerprint density at radius 1 is 1.13 bits per heavy atom. The van der Waals surface area contributed by atoms with Crippen LogP contribution >= 0.6 is 23.4 Å². The van der Waals surface area contributed by atoms with Gasteiger partial charge in [-0.2, -0.15) is 4.68 Å². The maximum absolute atomic E-state index is 12.3. The van der Waals surface area contributed by atoms with Crippen molar-refractivity contribution in [1.82, 2.24) is 30.2 Å². The Labute approximate surface area is 179 Å². The van der Waals surface area contributed by atoms with Crippen LogP contribution in [0.4, 0.5) is 5.95 Å². The highest BCUT2D eigenvalue weighted by molar-refractivity contribution is 7.98. The fraction of sp³-hybridized carbons (Fsp3) is 0.0526. The first-order valence-electron chi connectivity index (χ1n) is 8.72. The number of tetrazole rings is 1. The normalized spacial score (nSPS) is 10.7. The molecule has 0 aliphatic carbocycles. The van der Waals surface area contributed by atoms with Gasteiger partial charge in [-0.15, -0.1) is 5.10 Å². The molecule has 4 aromatic rings. The summed E-state index contributed by atoms with van der Waals surface area (Å²) in [6.07, 6.45) is 0. The largest absolute Gasteiger partial charge is 0.292 e. The molecule has 0 radical (unpaired) electrons. The van der Waals surface area contributed by atoms with E-state index in [9.17, 15) is 9.59 Å². The van der Waals surface area contributed by atoms with Crippen LogP contribution in [0.3, 0.4) is 0 Å². The number of carbonyl (C=O) groups is 1. The van der Waals surface area contributed by atoms with Crippen LogP contribution in [0.25, 0.3) is 5.69 Å². The Hall–Kier alpha value is -3.50. The van der Waals surface area contributed by atoms with Crippen molar-refractivity contribution in [2.75, 3.05) is 5.32 Å². The third kappa shape index (κ3) is 4.73. The molecule has 0 saturated carbocycles. The number of hydrogen-bond donors (Lipinski definition) is 2. The Morgan fingerprint density at radius 3 is 2.67 bits per heavy atom. The maximum atomic E-state index is 12.3. The lowest BCUT2D eigenvalue weighted by Crippen LogP contribution is -2.19. The van der Waals surface area contributed by atoms with Gasteiger partial charge in [-0.3, -0.25) is 19.9 Å². The van der Waals surface area contributed by atoms with Crippen molar-refractivity contribution in [2.24, 2.45) is 0 Å². The number of aromatic amines is 1. The molecule has 4 rings (SSSR count). The minimum absolute atomic E-state index is 0.0562. The van der Waals surface area contributed by atoms with Crippen molar-refractivity contribution in [1.29, 1.82) is 0 Å². The molecule has 0 aliphatic rings. The van der Waals surface area contributed by atoms with E-state index in [-0.39, 0.29) is 11.5 Å². The standard InChI is InChI=1S/C19H14ClN7O2S/c20-13-8-6-12(7-9-13)17(29)23-18-21-14(10-16(28)22-18)11-30-19-24-25-26-27(19)15-4-2-1-3-5-15/h1-10H,11H2,(H2,21,22,23,28,29). The highest BCUT2D eigenvalue weighted by atomic mass is 35.5. The zero-order chi connectivity index (χ0) is 20.9. The Kier molecular flexibility index (Phi) is 5.87. The number of rotatable bonds is 6. The zero-order valence-electron chi connectivity index (χ0n) is 15.3. The molecule has 1 amide bonds. The molecule has 0 aliphatic heterocycles. The van der Waals surface area contributed by atoms with E-state index < -0.39 is 5.91 Å². The van der Waals surface area contributed by atoms with Gasteiger partial charge in [0.25, 0.3) is 11.5 Å². The van der Waals surface area contributed by atoms with Crippen LogP contribution in [-0.4, -0.2) is 36.1 Å². The highest BCUT2D eigenvalue weighted by Gasteiger charge is 2.12. The molecule has 0 atom stereocenters. The minimum atomic E-state index is -0.410. The predicted molar refractivity (Wildman–Crippen MR) is 113 cm³/mol. The van der Waals surface area contributed by atoms with Gasteiger partial charge in [0.2, 0.25) is 11.1 Å². The van der Waals surface area contributed by atoms with Gasteiger partial charge in [0.1, 0.15) is 0 Å². The Bertz CT molecular complexity index is 1230. The summed E-state index contributed by atoms with van der Waals surface area (Å²) in [6, 6.07) is 17.2. The molecular formula is C19H14ClN7O2S. The van der Waals surface area contributed by atoms with E-state index in [1.54, 1.807) is 28.9 Å². The second-order valence-electron chi connectivity index (χ2n) is 6.04. The summed E-state index contributed by atoms with van der Waals surface area (Å²) in [5.74, 6) is -0.0191. The van der Waals surface area contributed by atoms with E-state index in [0.29, 0.717) is 27.2 Å². The van der Waals surface area contributed by atoms with Gasteiger partial charge in [-0.1, -0.05) is 41.6 Å². The summed E-state index contributed by atoms with van der Waals surface area (Å²) in [5.41, 5.74) is 1.30. The molecule has 0 saturated heterocycles. The quantitative estimate of drug-likeness (QED) is 0.443. The first-order chi connectivity index (χ1) is 14.6. The summed E-state index contributed by atoms with van der Waals surface area (Å²) in [4.78, 5) is 31.2. The van der Waals surface area contributed by atoms with E-state index in [0.717, 1.165) is 5.69 Å². The average molecular weight is 440 g/mol. The van der Waals surface area contributed by atoms with Gasteiger partial charge in [0.05, 0.1) is 11.4 Å². The smallest absolute Gasteiger partial charge is 0.257 e. The molecule has 2 heterocycles. The fourth-order valence-corrected chi connectivity index (χ4v) is 3.47. The van der Waals surface area contributed by atoms with Gasteiger partial charge in [0, 0.05) is 22.4 Å². The lowest BCUT2D eigenvalue weighted by atomic mass is 10.2. The van der Waals surface area contributed by atoms with Crippen LogP contribution < -0.4 is 10.9 Å². The number of thioether (sulfide) groups is 1. The lowest BCUT2D eigenvalue weighted by molar-refractivity contribution is 0.102. The number of hydrogen-bond acceptors (Lipinski definition) is 7. The molecule has 2 aromatic carbocycles. The number of para-hydroxylation sites is 1. The Morgan fingerprint density at radius 2 is 1.90 bits per heavy atom. The third-order valence-electron chi connectivity index (χ3n) is 3.92. The van der Waals surface area contributed by atoms with Crippen molar-refractivity contribution in [2.45, 2.75) is 10.9 Å². The molecular weight excluding hydrogens is 426 g/mol. The first-order valence-corrected chi connectivity index (χ1v) is 10.1. The van der Waals surface area contributed by atoms with Gasteiger partial charge in [-0.05, 0) is 46.8 Å². The van der Waals surface area contributed by atoms with Crippen LogP contribution in [0.2, 0.25) is 5.02 Å². The van der Waals surface area contributed by atoms with Crippen molar-refractivity contribution in [3.63, 3.8) is 0 Å². The van der Waals surface area contributed by atoms with Crippen molar-refractivity contribution in [3.05, 3.63) is 87.3 Å². The number of amides is 1. The number of carbonyl (C=O) groups excluding carboxylic acids is 1. The molecule has 2 aromatic heterocycles. The van der Waals surface area contributed by atoms with E-state index in [4.69, 9.17) is 11.6 Å². The van der Waals surface area contributed by atoms with Crippen molar-refractivity contribution < 1.29 is 4.79 Å². The summed E-state index contributed by atoms with van der Waals surface area (Å²) in [7, 11) is 0. The number of aromatic nitrogens is 6. The van der Waals surface area contributed by atoms with Gasteiger partial charge in [0.15, 0.2) is 0 Å². The molecule has 11 heteroatoms. The highest BCUT2D eigenvalue weighted by Crippen LogP contribution is 2.21. The van der Waals surface area contributed by atoms with Gasteiger partial charge >= 0.3 is 0 Å². The zero-order valence-corrected chi connectivity index (χ0v) is 16.9. The number of H-pyrrole nitrogens is 1. The molecule has 0 fully saturated rings. The number of nitrogens with zero attached hydrogens (tertiary/aromatic N) is 5. The average Bonchev–Trinajstić information content (AvgIpc) is 3.22. The van der Waals surface area contributed by atoms with Crippen LogP contribution in [0.1, 0.15) is 16.1 Å². The van der Waals surface area contributed by atoms with E-state index in [1.807, 2.05) is 30.3 Å². The molecule has 2 N–H and O–H groups in total. The van der Waals surface area contributed by atoms with Gasteiger partial charge in [-0.25, -0.2) is 4.98 Å². The summed E-state index contributed by atoms with van der Waals surface area (Å²) < 4.78 is 1.60. The molecule has 0 bridgehead atoms. The van der Waals surface area contributed by atoms with Crippen molar-refractivity contribution >= 4 is 35.2 Å². The van der Waals surface area contributed by atoms with E-state index in [1.165, 1.54) is 17.8 Å². The third-order valence-corrected chi connectivity index (χ3v) is 5.13. The molecule has 30 heavy (non-hydrogen) atoms.